The molecule has 2 heterocycles. The summed E-state index contributed by atoms with van der Waals surface area (Å²) in [5, 5.41) is 16.1. The molecule has 0 amide bonds. The molecule has 4 aromatic rings. The summed E-state index contributed by atoms with van der Waals surface area (Å²) >= 11 is 0. The minimum Gasteiger partial charge on any atom is -0.548 e. The summed E-state index contributed by atoms with van der Waals surface area (Å²) in [5.74, 6) is -1.05. The summed E-state index contributed by atoms with van der Waals surface area (Å²) in [6.45, 7) is 5.94. The minimum atomic E-state index is -1.05. The molecule has 4 heteroatoms. The third-order valence-corrected chi connectivity index (χ3v) is 5.16. The van der Waals surface area contributed by atoms with E-state index >= 15 is 0 Å². The lowest BCUT2D eigenvalue weighted by molar-refractivity contribution is -0.310. The number of hydrogen-bond donors (Lipinski definition) is 0. The molecule has 0 aliphatic rings. The van der Waals surface area contributed by atoms with Crippen LogP contribution in [0.1, 0.15) is 30.6 Å². The Balaban J connectivity index is 2.29. The van der Waals surface area contributed by atoms with E-state index in [0.29, 0.717) is 6.42 Å². The van der Waals surface area contributed by atoms with E-state index in [4.69, 9.17) is 0 Å². The molecule has 2 aromatic heterocycles. The molecule has 1 unspecified atom stereocenters. The van der Waals surface area contributed by atoms with Crippen LogP contribution in [0.5, 0.6) is 0 Å². The van der Waals surface area contributed by atoms with Crippen molar-refractivity contribution in [1.29, 1.82) is 0 Å². The fraction of sp³-hybridized carbons (Fsp3) is 0.238. The highest BCUT2D eigenvalue weighted by atomic mass is 16.4. The average molecular weight is 331 g/mol. The third kappa shape index (κ3) is 2.14. The van der Waals surface area contributed by atoms with E-state index in [2.05, 4.69) is 18.0 Å². The van der Waals surface area contributed by atoms with Crippen molar-refractivity contribution < 1.29 is 9.90 Å². The molecule has 0 bridgehead atoms. The molecule has 1 atom stereocenters. The Morgan fingerprint density at radius 3 is 2.60 bits per heavy atom. The van der Waals surface area contributed by atoms with Gasteiger partial charge < -0.3 is 14.5 Å². The van der Waals surface area contributed by atoms with Gasteiger partial charge in [0.05, 0.1) is 17.5 Å². The van der Waals surface area contributed by atoms with Crippen molar-refractivity contribution in [1.82, 2.24) is 9.55 Å². The third-order valence-electron chi connectivity index (χ3n) is 5.16. The second-order valence-electron chi connectivity index (χ2n) is 6.52. The SMILES string of the molecule is CCC(C(=O)[O-])n1c2ccccc2c2cc3c(C)nccc3c(C)c21. The van der Waals surface area contributed by atoms with Crippen molar-refractivity contribution in [2.45, 2.75) is 33.2 Å². The van der Waals surface area contributed by atoms with Crippen LogP contribution in [-0.2, 0) is 4.79 Å². The van der Waals surface area contributed by atoms with E-state index in [1.54, 1.807) is 6.20 Å². The molecule has 25 heavy (non-hydrogen) atoms. The Kier molecular flexibility index (Phi) is 3.49. The Bertz CT molecular complexity index is 1140. The van der Waals surface area contributed by atoms with Crippen LogP contribution in [-0.4, -0.2) is 15.5 Å². The van der Waals surface area contributed by atoms with Crippen molar-refractivity contribution in [2.24, 2.45) is 0 Å². The lowest BCUT2D eigenvalue weighted by atomic mass is 10.0. The summed E-state index contributed by atoms with van der Waals surface area (Å²) < 4.78 is 1.94. The lowest BCUT2D eigenvalue weighted by Crippen LogP contribution is -2.33. The van der Waals surface area contributed by atoms with Crippen LogP contribution in [0.2, 0.25) is 0 Å². The van der Waals surface area contributed by atoms with Crippen LogP contribution < -0.4 is 5.11 Å². The number of rotatable bonds is 3. The van der Waals surface area contributed by atoms with Crippen LogP contribution in [0.3, 0.4) is 0 Å². The van der Waals surface area contributed by atoms with Crippen molar-refractivity contribution >= 4 is 38.5 Å². The highest BCUT2D eigenvalue weighted by molar-refractivity contribution is 6.15. The normalized spacial score (nSPS) is 12.9. The summed E-state index contributed by atoms with van der Waals surface area (Å²) in [4.78, 5) is 16.2. The van der Waals surface area contributed by atoms with Gasteiger partial charge in [0.15, 0.2) is 0 Å². The Hall–Kier alpha value is -2.88. The molecule has 4 rings (SSSR count). The van der Waals surface area contributed by atoms with Crippen LogP contribution >= 0.6 is 0 Å². The Labute approximate surface area is 145 Å². The second-order valence-corrected chi connectivity index (χ2v) is 6.52. The Morgan fingerprint density at radius 1 is 1.12 bits per heavy atom. The molecule has 0 radical (unpaired) electrons. The van der Waals surface area contributed by atoms with Crippen molar-refractivity contribution in [3.63, 3.8) is 0 Å². The molecular formula is C21H19N2O2-. The number of carboxylic acid groups (broad SMARTS) is 1. The number of carbonyl (C=O) groups excluding carboxylic acids is 1. The van der Waals surface area contributed by atoms with Crippen LogP contribution in [0.25, 0.3) is 32.6 Å². The maximum atomic E-state index is 11.8. The molecule has 0 spiro atoms. The van der Waals surface area contributed by atoms with Crippen LogP contribution in [0.15, 0.2) is 42.6 Å². The maximum absolute atomic E-state index is 11.8. The van der Waals surface area contributed by atoms with Gasteiger partial charge in [-0.15, -0.1) is 0 Å². The van der Waals surface area contributed by atoms with Crippen molar-refractivity contribution in [2.75, 3.05) is 0 Å². The number of aliphatic carboxylic acids is 1. The standard InChI is InChI=1S/C21H20N2O2/c1-4-18(21(24)25)23-19-8-6-5-7-15(19)17-11-16-13(3)22-10-9-14(16)12(2)20(17)23/h5-11,18H,4H2,1-3H3,(H,24,25)/p-1. The lowest BCUT2D eigenvalue weighted by Gasteiger charge is -2.22. The number of pyridine rings is 1. The van der Waals surface area contributed by atoms with E-state index < -0.39 is 12.0 Å². The molecule has 0 fully saturated rings. The molecule has 126 valence electrons. The monoisotopic (exact) mass is 331 g/mol. The number of carbonyl (C=O) groups is 1. The largest absolute Gasteiger partial charge is 0.548 e. The van der Waals surface area contributed by atoms with Gasteiger partial charge in [-0.1, -0.05) is 25.1 Å². The van der Waals surface area contributed by atoms with Crippen LogP contribution in [0.4, 0.5) is 0 Å². The van der Waals surface area contributed by atoms with Crippen LogP contribution in [0, 0.1) is 13.8 Å². The van der Waals surface area contributed by atoms with Gasteiger partial charge in [0.25, 0.3) is 0 Å². The predicted octanol–water partition coefficient (Wildman–Crippen LogP) is 3.66. The molecule has 0 aliphatic carbocycles. The zero-order valence-corrected chi connectivity index (χ0v) is 14.5. The first-order valence-corrected chi connectivity index (χ1v) is 8.53. The topological polar surface area (TPSA) is 57.9 Å². The number of carboxylic acids is 1. The number of nitrogens with zero attached hydrogens (tertiary/aromatic N) is 2. The van der Waals surface area contributed by atoms with Gasteiger partial charge >= 0.3 is 0 Å². The zero-order chi connectivity index (χ0) is 17.7. The average Bonchev–Trinajstić information content (AvgIpc) is 2.92. The predicted molar refractivity (Wildman–Crippen MR) is 98.6 cm³/mol. The molecule has 0 saturated carbocycles. The highest BCUT2D eigenvalue weighted by Gasteiger charge is 2.20. The fourth-order valence-corrected chi connectivity index (χ4v) is 3.96. The zero-order valence-electron chi connectivity index (χ0n) is 14.5. The highest BCUT2D eigenvalue weighted by Crippen LogP contribution is 2.38. The first-order valence-electron chi connectivity index (χ1n) is 8.53. The molecule has 2 aromatic carbocycles. The van der Waals surface area contributed by atoms with Gasteiger partial charge in [-0.05, 0) is 49.4 Å². The quantitative estimate of drug-likeness (QED) is 0.575. The van der Waals surface area contributed by atoms with Gasteiger partial charge in [0.2, 0.25) is 0 Å². The van der Waals surface area contributed by atoms with Gasteiger partial charge in [0.1, 0.15) is 0 Å². The number of aromatic nitrogens is 2. The minimum absolute atomic E-state index is 0.475. The van der Waals surface area contributed by atoms with E-state index in [0.717, 1.165) is 43.8 Å². The first-order chi connectivity index (χ1) is 12.0. The molecule has 0 saturated heterocycles. The number of fused-ring (bicyclic) bond motifs is 4. The van der Waals surface area contributed by atoms with E-state index in [9.17, 15) is 9.90 Å². The number of benzene rings is 2. The second kappa shape index (κ2) is 5.59. The number of para-hydroxylation sites is 1. The molecule has 0 aliphatic heterocycles. The van der Waals surface area contributed by atoms with E-state index in [-0.39, 0.29) is 0 Å². The summed E-state index contributed by atoms with van der Waals surface area (Å²) in [6.07, 6.45) is 2.28. The number of hydrogen-bond acceptors (Lipinski definition) is 3. The van der Waals surface area contributed by atoms with E-state index in [1.807, 2.05) is 48.7 Å². The van der Waals surface area contributed by atoms with E-state index in [1.165, 1.54) is 0 Å². The fourth-order valence-electron chi connectivity index (χ4n) is 3.96. The summed E-state index contributed by atoms with van der Waals surface area (Å²) in [7, 11) is 0. The Morgan fingerprint density at radius 2 is 1.88 bits per heavy atom. The molecular weight excluding hydrogens is 312 g/mol. The first kappa shape index (κ1) is 15.6. The smallest absolute Gasteiger partial charge is 0.0734 e. The summed E-state index contributed by atoms with van der Waals surface area (Å²) in [5.41, 5.74) is 3.95. The van der Waals surface area contributed by atoms with Gasteiger partial charge in [-0.3, -0.25) is 4.98 Å². The van der Waals surface area contributed by atoms with Crippen molar-refractivity contribution in [3.8, 4) is 0 Å². The summed E-state index contributed by atoms with van der Waals surface area (Å²) in [6, 6.07) is 11.4. The number of aryl methyl sites for hydroxylation is 2. The van der Waals surface area contributed by atoms with Gasteiger partial charge in [-0.2, -0.15) is 0 Å². The molecule has 4 nitrogen and oxygen atoms in total. The molecule has 0 N–H and O–H groups in total. The van der Waals surface area contributed by atoms with Gasteiger partial charge in [-0.25, -0.2) is 0 Å². The van der Waals surface area contributed by atoms with Gasteiger partial charge in [0, 0.05) is 33.6 Å². The van der Waals surface area contributed by atoms with Crippen molar-refractivity contribution in [3.05, 3.63) is 53.9 Å². The maximum Gasteiger partial charge on any atom is 0.0734 e.